The van der Waals surface area contributed by atoms with E-state index in [1.165, 1.54) is 23.1 Å². The van der Waals surface area contributed by atoms with E-state index in [0.717, 1.165) is 5.56 Å². The van der Waals surface area contributed by atoms with E-state index in [1.54, 1.807) is 47.5 Å². The van der Waals surface area contributed by atoms with Crippen LogP contribution in [-0.4, -0.2) is 45.2 Å². The van der Waals surface area contributed by atoms with Crippen LogP contribution in [0, 0.1) is 0 Å². The van der Waals surface area contributed by atoms with Crippen molar-refractivity contribution >= 4 is 51.4 Å². The Hall–Kier alpha value is -2.91. The van der Waals surface area contributed by atoms with E-state index in [4.69, 9.17) is 9.84 Å². The number of hydrogen-bond donors (Lipinski definition) is 1. The zero-order valence-corrected chi connectivity index (χ0v) is 15.7. The molecule has 1 saturated heterocycles. The van der Waals surface area contributed by atoms with Crippen LogP contribution in [0.4, 0.5) is 5.13 Å². The summed E-state index contributed by atoms with van der Waals surface area (Å²) < 4.78 is 5.10. The minimum absolute atomic E-state index is 0.151. The molecule has 0 radical (unpaired) electrons. The Labute approximate surface area is 163 Å². The number of nitrogens with zero attached hydrogens (tertiary/aromatic N) is 3. The van der Waals surface area contributed by atoms with Crippen molar-refractivity contribution in [1.82, 2.24) is 9.88 Å². The van der Waals surface area contributed by atoms with Crippen LogP contribution in [-0.2, 0) is 9.59 Å². The first kappa shape index (κ1) is 18.9. The smallest absolute Gasteiger partial charge is 0.341 e. The van der Waals surface area contributed by atoms with Crippen LogP contribution >= 0.6 is 23.1 Å². The summed E-state index contributed by atoms with van der Waals surface area (Å²) in [5, 5.41) is 11.6. The molecule has 2 heterocycles. The lowest BCUT2D eigenvalue weighted by Gasteiger charge is -2.11. The number of thioether (sulfide) groups is 1. The molecule has 2 aromatic rings. The number of amides is 1. The fraction of sp³-hybridized carbons (Fsp3) is 0.111. The Balaban J connectivity index is 1.80. The molecule has 0 bridgehead atoms. The Kier molecular flexibility index (Phi) is 6.05. The van der Waals surface area contributed by atoms with Crippen molar-refractivity contribution < 1.29 is 19.4 Å². The maximum Gasteiger partial charge on any atom is 0.341 e. The average molecular weight is 401 g/mol. The molecule has 9 heteroatoms. The van der Waals surface area contributed by atoms with Crippen molar-refractivity contribution in [2.24, 2.45) is 4.99 Å². The minimum Gasteiger partial charge on any atom is -0.482 e. The number of aromatic nitrogens is 1. The molecular formula is C18H15N3O4S2. The van der Waals surface area contributed by atoms with E-state index in [9.17, 15) is 9.59 Å². The third-order valence-corrected chi connectivity index (χ3v) is 5.02. The van der Waals surface area contributed by atoms with Crippen LogP contribution in [0.3, 0.4) is 0 Å². The number of rotatable bonds is 7. The Morgan fingerprint density at radius 3 is 2.78 bits per heavy atom. The average Bonchev–Trinajstić information content (AvgIpc) is 3.26. The lowest BCUT2D eigenvalue weighted by atomic mass is 10.2. The molecule has 1 aromatic carbocycles. The summed E-state index contributed by atoms with van der Waals surface area (Å²) in [4.78, 5) is 33.9. The van der Waals surface area contributed by atoms with Gasteiger partial charge in [-0.15, -0.1) is 17.9 Å². The van der Waals surface area contributed by atoms with Gasteiger partial charge in [0.2, 0.25) is 5.13 Å². The molecule has 7 nitrogen and oxygen atoms in total. The third kappa shape index (κ3) is 4.83. The van der Waals surface area contributed by atoms with E-state index in [0.29, 0.717) is 27.5 Å². The van der Waals surface area contributed by atoms with Crippen molar-refractivity contribution in [2.45, 2.75) is 0 Å². The fourth-order valence-electron chi connectivity index (χ4n) is 2.19. The highest BCUT2D eigenvalue weighted by molar-refractivity contribution is 8.18. The van der Waals surface area contributed by atoms with Crippen molar-refractivity contribution in [3.05, 3.63) is 59.0 Å². The van der Waals surface area contributed by atoms with Crippen LogP contribution < -0.4 is 4.74 Å². The lowest BCUT2D eigenvalue weighted by molar-refractivity contribution is -0.139. The molecule has 3 rings (SSSR count). The highest BCUT2D eigenvalue weighted by Gasteiger charge is 2.32. The van der Waals surface area contributed by atoms with Crippen LogP contribution in [0.1, 0.15) is 5.56 Å². The van der Waals surface area contributed by atoms with Crippen LogP contribution in [0.2, 0.25) is 0 Å². The molecule has 27 heavy (non-hydrogen) atoms. The monoisotopic (exact) mass is 401 g/mol. The highest BCUT2D eigenvalue weighted by Crippen LogP contribution is 2.34. The summed E-state index contributed by atoms with van der Waals surface area (Å²) in [7, 11) is 0. The van der Waals surface area contributed by atoms with Gasteiger partial charge in [0, 0.05) is 18.1 Å². The number of aliphatic imine (C=N–C) groups is 1. The van der Waals surface area contributed by atoms with Crippen LogP contribution in [0.25, 0.3) is 6.08 Å². The van der Waals surface area contributed by atoms with Crippen molar-refractivity contribution in [3.63, 3.8) is 0 Å². The van der Waals surface area contributed by atoms with Gasteiger partial charge in [-0.25, -0.2) is 9.78 Å². The second kappa shape index (κ2) is 8.65. The van der Waals surface area contributed by atoms with Crippen molar-refractivity contribution in [1.29, 1.82) is 0 Å². The van der Waals surface area contributed by atoms with Crippen molar-refractivity contribution in [2.75, 3.05) is 13.2 Å². The van der Waals surface area contributed by atoms with Gasteiger partial charge in [-0.3, -0.25) is 9.69 Å². The van der Waals surface area contributed by atoms with Crippen LogP contribution in [0.15, 0.2) is 58.4 Å². The molecular weight excluding hydrogens is 386 g/mol. The maximum absolute atomic E-state index is 12.7. The number of benzene rings is 1. The molecule has 1 amide bonds. The number of ether oxygens (including phenoxy) is 1. The largest absolute Gasteiger partial charge is 0.482 e. The second-order valence-corrected chi connectivity index (χ2v) is 7.16. The highest BCUT2D eigenvalue weighted by atomic mass is 32.2. The minimum atomic E-state index is -1.04. The molecule has 1 fully saturated rings. The fourth-order valence-corrected chi connectivity index (χ4v) is 3.74. The maximum atomic E-state index is 12.7. The molecule has 0 unspecified atom stereocenters. The number of carboxylic acids is 1. The first-order valence-corrected chi connectivity index (χ1v) is 9.51. The molecule has 0 atom stereocenters. The van der Waals surface area contributed by atoms with Gasteiger partial charge in [-0.05, 0) is 35.5 Å². The summed E-state index contributed by atoms with van der Waals surface area (Å²) >= 11 is 2.67. The van der Waals surface area contributed by atoms with Gasteiger partial charge in [0.1, 0.15) is 5.75 Å². The van der Waals surface area contributed by atoms with E-state index < -0.39 is 12.6 Å². The van der Waals surface area contributed by atoms with Crippen LogP contribution in [0.5, 0.6) is 5.75 Å². The number of carbonyl (C=O) groups is 2. The quantitative estimate of drug-likeness (QED) is 0.565. The van der Waals surface area contributed by atoms with E-state index in [2.05, 4.69) is 16.6 Å². The lowest BCUT2D eigenvalue weighted by Crippen LogP contribution is -2.29. The number of carboxylic acid groups (broad SMARTS) is 1. The van der Waals surface area contributed by atoms with E-state index in [1.807, 2.05) is 5.38 Å². The predicted molar refractivity (Wildman–Crippen MR) is 106 cm³/mol. The normalized spacial score (nSPS) is 16.9. The topological polar surface area (TPSA) is 92.1 Å². The summed E-state index contributed by atoms with van der Waals surface area (Å²) in [6.45, 7) is 3.65. The molecule has 0 saturated carbocycles. The summed E-state index contributed by atoms with van der Waals surface area (Å²) in [6, 6.07) is 6.83. The molecule has 138 valence electrons. The number of carbonyl (C=O) groups excluding carboxylic acids is 1. The van der Waals surface area contributed by atoms with Gasteiger partial charge in [-0.1, -0.05) is 18.2 Å². The molecule has 1 aliphatic rings. The number of amidine groups is 1. The summed E-state index contributed by atoms with van der Waals surface area (Å²) in [5.41, 5.74) is 0.794. The number of thiazole rings is 1. The standard InChI is InChI=1S/C18H15N3O4S2/c1-2-8-21-16(24)14(27-18(21)20-17-19-7-9-26-17)10-12-3-5-13(6-4-12)25-11-15(22)23/h2-7,9-10H,1,8,11H2,(H,22,23)/b14-10-,20-18-. The van der Waals surface area contributed by atoms with Gasteiger partial charge in [0.05, 0.1) is 4.91 Å². The molecule has 0 aliphatic carbocycles. The second-order valence-electron chi connectivity index (χ2n) is 5.28. The van der Waals surface area contributed by atoms with Crippen molar-refractivity contribution in [3.8, 4) is 5.75 Å². The Bertz CT molecular complexity index is 905. The van der Waals surface area contributed by atoms with E-state index in [-0.39, 0.29) is 5.91 Å². The zero-order chi connectivity index (χ0) is 19.2. The predicted octanol–water partition coefficient (Wildman–Crippen LogP) is 3.40. The van der Waals surface area contributed by atoms with Gasteiger partial charge in [-0.2, -0.15) is 4.99 Å². The molecule has 1 aliphatic heterocycles. The summed E-state index contributed by atoms with van der Waals surface area (Å²) in [5.74, 6) is -0.742. The first-order valence-electron chi connectivity index (χ1n) is 7.82. The van der Waals surface area contributed by atoms with Gasteiger partial charge in [0.25, 0.3) is 5.91 Å². The van der Waals surface area contributed by atoms with Gasteiger partial charge >= 0.3 is 5.97 Å². The van der Waals surface area contributed by atoms with Gasteiger partial charge in [0.15, 0.2) is 11.8 Å². The molecule has 0 spiro atoms. The number of aliphatic carboxylic acids is 1. The van der Waals surface area contributed by atoms with Gasteiger partial charge < -0.3 is 9.84 Å². The molecule has 1 aromatic heterocycles. The Morgan fingerprint density at radius 2 is 2.15 bits per heavy atom. The molecule has 1 N–H and O–H groups in total. The Morgan fingerprint density at radius 1 is 1.37 bits per heavy atom. The number of hydrogen-bond acceptors (Lipinski definition) is 7. The third-order valence-electron chi connectivity index (χ3n) is 3.35. The van der Waals surface area contributed by atoms with E-state index >= 15 is 0 Å². The zero-order valence-electron chi connectivity index (χ0n) is 14.1. The SMILES string of the molecule is C=CCN1C(=O)/C(=C/c2ccc(OCC(=O)O)cc2)S/C1=N\c1nccs1. The first-order chi connectivity index (χ1) is 13.1. The summed E-state index contributed by atoms with van der Waals surface area (Å²) in [6.07, 6.45) is 5.07.